The third-order valence-electron chi connectivity index (χ3n) is 1.28. The van der Waals surface area contributed by atoms with E-state index in [0.717, 1.165) is 0 Å². The van der Waals surface area contributed by atoms with Gasteiger partial charge in [0.2, 0.25) is 0 Å². The third-order valence-corrected chi connectivity index (χ3v) is 1.28. The van der Waals surface area contributed by atoms with E-state index in [1.807, 2.05) is 0 Å². The lowest BCUT2D eigenvalue weighted by molar-refractivity contribution is -0.219. The van der Waals surface area contributed by atoms with Crippen LogP contribution in [0.2, 0.25) is 0 Å². The molecule has 2 nitrogen and oxygen atoms in total. The Balaban J connectivity index is 4.15. The molecule has 0 aliphatic carbocycles. The molecule has 0 aliphatic heterocycles. The van der Waals surface area contributed by atoms with Gasteiger partial charge in [-0.05, 0) is 0 Å². The maximum absolute atomic E-state index is 11.6. The Labute approximate surface area is 69.3 Å². The van der Waals surface area contributed by atoms with Crippen LogP contribution in [0.3, 0.4) is 0 Å². The second-order valence-corrected chi connectivity index (χ2v) is 2.44. The van der Waals surface area contributed by atoms with Crippen LogP contribution < -0.4 is 5.73 Å². The molecular formula is C5H7F6NO. The zero-order chi connectivity index (χ0) is 10.9. The third kappa shape index (κ3) is 4.32. The summed E-state index contributed by atoms with van der Waals surface area (Å²) >= 11 is 0. The Morgan fingerprint density at radius 3 is 1.62 bits per heavy atom. The zero-order valence-corrected chi connectivity index (χ0v) is 6.15. The highest BCUT2D eigenvalue weighted by Crippen LogP contribution is 2.28. The summed E-state index contributed by atoms with van der Waals surface area (Å²) in [6.07, 6.45) is -14.6. The first-order valence-electron chi connectivity index (χ1n) is 3.12. The summed E-state index contributed by atoms with van der Waals surface area (Å²) in [7, 11) is 0. The molecule has 2 atom stereocenters. The highest BCUT2D eigenvalue weighted by molar-refractivity contribution is 4.77. The topological polar surface area (TPSA) is 46.2 Å². The molecule has 80 valence electrons. The van der Waals surface area contributed by atoms with E-state index in [-0.39, 0.29) is 0 Å². The van der Waals surface area contributed by atoms with Gasteiger partial charge in [0.1, 0.15) is 6.04 Å². The fourth-order valence-corrected chi connectivity index (χ4v) is 0.508. The van der Waals surface area contributed by atoms with Gasteiger partial charge in [0.15, 0.2) is 6.10 Å². The Morgan fingerprint density at radius 2 is 1.38 bits per heavy atom. The van der Waals surface area contributed by atoms with Gasteiger partial charge in [0.25, 0.3) is 0 Å². The highest BCUT2D eigenvalue weighted by Gasteiger charge is 2.45. The average Bonchev–Trinajstić information content (AvgIpc) is 1.82. The first-order chi connectivity index (χ1) is 5.55. The van der Waals surface area contributed by atoms with Crippen LogP contribution in [0.25, 0.3) is 0 Å². The molecule has 0 aromatic heterocycles. The quantitative estimate of drug-likeness (QED) is 0.674. The Bertz CT molecular complexity index is 145. The van der Waals surface area contributed by atoms with Crippen molar-refractivity contribution in [3.63, 3.8) is 0 Å². The summed E-state index contributed by atoms with van der Waals surface area (Å²) in [6, 6.07) is -2.66. The molecule has 0 saturated carbocycles. The molecule has 0 aliphatic rings. The van der Waals surface area contributed by atoms with Crippen molar-refractivity contribution in [2.24, 2.45) is 5.73 Å². The summed E-state index contributed by atoms with van der Waals surface area (Å²) in [5.41, 5.74) is 4.36. The van der Waals surface area contributed by atoms with E-state index in [1.54, 1.807) is 0 Å². The van der Waals surface area contributed by atoms with Gasteiger partial charge in [-0.1, -0.05) is 0 Å². The molecule has 8 heteroatoms. The summed E-state index contributed by atoms with van der Waals surface area (Å²) in [5, 5.41) is 8.21. The standard InChI is InChI=1S/C5H7F6NO/c6-4(7,8)2(12)1-3(13)5(9,10)11/h2-3,13H,1,12H2/t2-,3-/m1/s1. The monoisotopic (exact) mass is 211 g/mol. The molecule has 0 radical (unpaired) electrons. The number of hydrogen-bond acceptors (Lipinski definition) is 2. The van der Waals surface area contributed by atoms with E-state index in [9.17, 15) is 26.3 Å². The minimum atomic E-state index is -5.07. The molecule has 0 heterocycles. The lowest BCUT2D eigenvalue weighted by atomic mass is 10.1. The van der Waals surface area contributed by atoms with Crippen LogP contribution in [-0.4, -0.2) is 29.6 Å². The number of halogens is 6. The first kappa shape index (κ1) is 12.5. The van der Waals surface area contributed by atoms with Crippen LogP contribution in [0.4, 0.5) is 26.3 Å². The van der Waals surface area contributed by atoms with Crippen molar-refractivity contribution in [2.75, 3.05) is 0 Å². The van der Waals surface area contributed by atoms with Gasteiger partial charge in [0.05, 0.1) is 0 Å². The van der Waals surface area contributed by atoms with Gasteiger partial charge >= 0.3 is 12.4 Å². The molecule has 0 saturated heterocycles. The molecular weight excluding hydrogens is 204 g/mol. The van der Waals surface area contributed by atoms with Gasteiger partial charge in [-0.2, -0.15) is 26.3 Å². The predicted octanol–water partition coefficient (Wildman–Crippen LogP) is 1.19. The minimum absolute atomic E-state index is 1.58. The molecule has 3 N–H and O–H groups in total. The SMILES string of the molecule is N[C@H](C[C@@H](O)C(F)(F)F)C(F)(F)F. The van der Waals surface area contributed by atoms with Crippen LogP contribution in [0.5, 0.6) is 0 Å². The largest absolute Gasteiger partial charge is 0.414 e. The van der Waals surface area contributed by atoms with Gasteiger partial charge in [-0.3, -0.25) is 0 Å². The van der Waals surface area contributed by atoms with Crippen molar-refractivity contribution in [1.82, 2.24) is 0 Å². The molecule has 0 unspecified atom stereocenters. The Kier molecular flexibility index (Phi) is 3.56. The number of rotatable bonds is 2. The molecule has 0 spiro atoms. The molecule has 0 rings (SSSR count). The normalized spacial score (nSPS) is 18.5. The molecule has 0 aromatic carbocycles. The van der Waals surface area contributed by atoms with Crippen molar-refractivity contribution < 1.29 is 31.4 Å². The number of nitrogens with two attached hydrogens (primary N) is 1. The van der Waals surface area contributed by atoms with Crippen molar-refractivity contribution in [3.05, 3.63) is 0 Å². The second-order valence-electron chi connectivity index (χ2n) is 2.44. The van der Waals surface area contributed by atoms with E-state index in [0.29, 0.717) is 0 Å². The maximum Gasteiger partial charge on any atom is 0.414 e. The van der Waals surface area contributed by atoms with E-state index < -0.39 is 30.9 Å². The lowest BCUT2D eigenvalue weighted by Crippen LogP contribution is -2.43. The number of aliphatic hydroxyl groups excluding tert-OH is 1. The van der Waals surface area contributed by atoms with Crippen LogP contribution in [0.1, 0.15) is 6.42 Å². The summed E-state index contributed by atoms with van der Waals surface area (Å²) in [4.78, 5) is 0. The van der Waals surface area contributed by atoms with E-state index >= 15 is 0 Å². The smallest absolute Gasteiger partial charge is 0.384 e. The molecule has 0 fully saturated rings. The number of aliphatic hydroxyl groups is 1. The van der Waals surface area contributed by atoms with Gasteiger partial charge in [-0.15, -0.1) is 0 Å². The average molecular weight is 211 g/mol. The second kappa shape index (κ2) is 3.70. The van der Waals surface area contributed by atoms with Crippen LogP contribution in [-0.2, 0) is 0 Å². The van der Waals surface area contributed by atoms with Crippen LogP contribution in [0.15, 0.2) is 0 Å². The predicted molar refractivity (Wildman–Crippen MR) is 30.7 cm³/mol. The van der Waals surface area contributed by atoms with E-state index in [1.165, 1.54) is 0 Å². The fraction of sp³-hybridized carbons (Fsp3) is 1.00. The molecule has 13 heavy (non-hydrogen) atoms. The minimum Gasteiger partial charge on any atom is -0.384 e. The highest BCUT2D eigenvalue weighted by atomic mass is 19.4. The molecule has 0 bridgehead atoms. The van der Waals surface area contributed by atoms with Crippen molar-refractivity contribution in [3.8, 4) is 0 Å². The van der Waals surface area contributed by atoms with Gasteiger partial charge in [0, 0.05) is 6.42 Å². The lowest BCUT2D eigenvalue weighted by Gasteiger charge is -2.20. The van der Waals surface area contributed by atoms with E-state index in [2.05, 4.69) is 5.73 Å². The Hall–Kier alpha value is -0.500. The zero-order valence-electron chi connectivity index (χ0n) is 6.15. The number of hydrogen-bond donors (Lipinski definition) is 2. The summed E-state index contributed by atoms with van der Waals surface area (Å²) in [6.45, 7) is 0. The van der Waals surface area contributed by atoms with Gasteiger partial charge < -0.3 is 10.8 Å². The van der Waals surface area contributed by atoms with Crippen molar-refractivity contribution in [2.45, 2.75) is 30.9 Å². The van der Waals surface area contributed by atoms with Crippen molar-refractivity contribution >= 4 is 0 Å². The molecule has 0 amide bonds. The summed E-state index contributed by atoms with van der Waals surface area (Å²) < 4.78 is 69.4. The fourth-order valence-electron chi connectivity index (χ4n) is 0.508. The number of alkyl halides is 6. The maximum atomic E-state index is 11.6. The van der Waals surface area contributed by atoms with Gasteiger partial charge in [-0.25, -0.2) is 0 Å². The first-order valence-corrected chi connectivity index (χ1v) is 3.12. The summed E-state index contributed by atoms with van der Waals surface area (Å²) in [5.74, 6) is 0. The van der Waals surface area contributed by atoms with Crippen LogP contribution in [0, 0.1) is 0 Å². The van der Waals surface area contributed by atoms with Crippen molar-refractivity contribution in [1.29, 1.82) is 0 Å². The Morgan fingerprint density at radius 1 is 1.00 bits per heavy atom. The van der Waals surface area contributed by atoms with Crippen LogP contribution >= 0.6 is 0 Å². The molecule has 0 aromatic rings. The van der Waals surface area contributed by atoms with E-state index in [4.69, 9.17) is 5.11 Å².